The van der Waals surface area contributed by atoms with E-state index in [1.807, 2.05) is 6.07 Å². The average Bonchev–Trinajstić information content (AvgIpc) is 3.69. The number of nitrogens with zero attached hydrogens (tertiary/aromatic N) is 3. The lowest BCUT2D eigenvalue weighted by Crippen LogP contribution is -2.10. The highest BCUT2D eigenvalue weighted by Gasteiger charge is 2.39. The number of benzene rings is 3. The quantitative estimate of drug-likeness (QED) is 0.167. The monoisotopic (exact) mass is 617 g/mol. The standard InChI is InChI=1S/C31H25F6N3O4/c1-40-28(38-29(39-40)31(35,36)37)17-5-3-16(4-6-17)27-22-10-12-24(21(22)9-11-23(27)30(32,33)34)44-19-7-8-20-18(13-26(41)42-2)15-43-25(20)14-19/h3-9,11,14,18,24H,10,12-13,15H2,1-2H3/t18?,24-/m1/s1. The number of carbonyl (C=O) groups is 1. The molecule has 2 heterocycles. The van der Waals surface area contributed by atoms with Gasteiger partial charge in [-0.1, -0.05) is 36.4 Å². The lowest BCUT2D eigenvalue weighted by molar-refractivity contribution is -0.145. The molecule has 1 aliphatic heterocycles. The summed E-state index contributed by atoms with van der Waals surface area (Å²) >= 11 is 0. The molecule has 0 bridgehead atoms. The van der Waals surface area contributed by atoms with Crippen LogP contribution in [0, 0.1) is 0 Å². The first kappa shape index (κ1) is 29.5. The highest BCUT2D eigenvalue weighted by atomic mass is 19.4. The largest absolute Gasteiger partial charge is 0.492 e. The zero-order chi connectivity index (χ0) is 31.4. The first-order chi connectivity index (χ1) is 20.8. The summed E-state index contributed by atoms with van der Waals surface area (Å²) in [4.78, 5) is 15.3. The Balaban J connectivity index is 1.30. The second kappa shape index (κ2) is 10.9. The molecule has 13 heteroatoms. The molecule has 3 aromatic carbocycles. The molecule has 7 nitrogen and oxygen atoms in total. The van der Waals surface area contributed by atoms with Crippen LogP contribution in [0.4, 0.5) is 26.3 Å². The maximum Gasteiger partial charge on any atom is 0.453 e. The molecule has 44 heavy (non-hydrogen) atoms. The van der Waals surface area contributed by atoms with Crippen LogP contribution in [0.25, 0.3) is 22.5 Å². The fourth-order valence-corrected chi connectivity index (χ4v) is 5.84. The average molecular weight is 618 g/mol. The maximum atomic E-state index is 14.2. The van der Waals surface area contributed by atoms with Gasteiger partial charge >= 0.3 is 18.3 Å². The summed E-state index contributed by atoms with van der Waals surface area (Å²) in [7, 11) is 2.63. The Morgan fingerprint density at radius 2 is 1.68 bits per heavy atom. The number of hydrogen-bond acceptors (Lipinski definition) is 6. The summed E-state index contributed by atoms with van der Waals surface area (Å²) in [5.74, 6) is -0.805. The van der Waals surface area contributed by atoms with Crippen molar-refractivity contribution in [1.82, 2.24) is 14.8 Å². The number of fused-ring (bicyclic) bond motifs is 2. The molecule has 1 aliphatic carbocycles. The minimum atomic E-state index is -4.74. The molecule has 2 atom stereocenters. The summed E-state index contributed by atoms with van der Waals surface area (Å²) < 4.78 is 99.6. The van der Waals surface area contributed by atoms with Gasteiger partial charge in [0.2, 0.25) is 0 Å². The third-order valence-electron chi connectivity index (χ3n) is 7.89. The van der Waals surface area contributed by atoms with Gasteiger partial charge in [-0.05, 0) is 47.2 Å². The molecular formula is C31H25F6N3O4. The van der Waals surface area contributed by atoms with Crippen molar-refractivity contribution in [1.29, 1.82) is 0 Å². The van der Waals surface area contributed by atoms with Crippen molar-refractivity contribution in [3.63, 3.8) is 0 Å². The molecule has 2 aliphatic rings. The van der Waals surface area contributed by atoms with Gasteiger partial charge in [-0.25, -0.2) is 9.67 Å². The topological polar surface area (TPSA) is 75.5 Å². The number of rotatable bonds is 6. The van der Waals surface area contributed by atoms with Crippen LogP contribution < -0.4 is 9.47 Å². The number of ether oxygens (including phenoxy) is 3. The summed E-state index contributed by atoms with van der Waals surface area (Å²) in [5, 5.41) is 3.40. The third kappa shape index (κ3) is 5.46. The van der Waals surface area contributed by atoms with E-state index in [9.17, 15) is 31.1 Å². The number of alkyl halides is 6. The van der Waals surface area contributed by atoms with Crippen molar-refractivity contribution >= 4 is 5.97 Å². The van der Waals surface area contributed by atoms with Gasteiger partial charge in [0.1, 0.15) is 17.6 Å². The predicted octanol–water partition coefficient (Wildman–Crippen LogP) is 7.29. The van der Waals surface area contributed by atoms with Gasteiger partial charge in [0.05, 0.1) is 25.7 Å². The van der Waals surface area contributed by atoms with Crippen molar-refractivity contribution < 1.29 is 45.3 Å². The van der Waals surface area contributed by atoms with Crippen LogP contribution in [0.1, 0.15) is 52.9 Å². The molecular weight excluding hydrogens is 592 g/mol. The van der Waals surface area contributed by atoms with E-state index in [0.29, 0.717) is 42.1 Å². The molecule has 0 saturated carbocycles. The Morgan fingerprint density at radius 1 is 0.977 bits per heavy atom. The number of aryl methyl sites for hydroxylation is 1. The van der Waals surface area contributed by atoms with Gasteiger partial charge in [-0.3, -0.25) is 4.79 Å². The highest BCUT2D eigenvalue weighted by molar-refractivity contribution is 5.76. The molecule has 0 fully saturated rings. The lowest BCUT2D eigenvalue weighted by Gasteiger charge is -2.20. The van der Waals surface area contributed by atoms with E-state index >= 15 is 0 Å². The second-order valence-electron chi connectivity index (χ2n) is 10.6. The number of aromatic nitrogens is 3. The lowest BCUT2D eigenvalue weighted by atomic mass is 9.91. The summed E-state index contributed by atoms with van der Waals surface area (Å²) in [6.07, 6.45) is -8.97. The van der Waals surface area contributed by atoms with Crippen LogP contribution in [-0.4, -0.2) is 34.5 Å². The molecule has 230 valence electrons. The summed E-state index contributed by atoms with van der Waals surface area (Å²) in [6, 6.07) is 13.5. The van der Waals surface area contributed by atoms with Crippen molar-refractivity contribution in [2.45, 2.75) is 43.6 Å². The first-order valence-corrected chi connectivity index (χ1v) is 13.7. The molecule has 4 aromatic rings. The molecule has 0 saturated heterocycles. The van der Waals surface area contributed by atoms with Crippen LogP contribution in [0.3, 0.4) is 0 Å². The molecule has 1 unspecified atom stereocenters. The van der Waals surface area contributed by atoms with Gasteiger partial charge in [0.15, 0.2) is 5.82 Å². The third-order valence-corrected chi connectivity index (χ3v) is 7.89. The molecule has 1 aromatic heterocycles. The van der Waals surface area contributed by atoms with Crippen LogP contribution >= 0.6 is 0 Å². The van der Waals surface area contributed by atoms with Gasteiger partial charge in [-0.15, -0.1) is 5.10 Å². The van der Waals surface area contributed by atoms with E-state index in [1.165, 1.54) is 44.5 Å². The fraction of sp³-hybridized carbons (Fsp3) is 0.323. The Labute approximate surface area is 247 Å². The number of hydrogen-bond donors (Lipinski definition) is 0. The zero-order valence-electron chi connectivity index (χ0n) is 23.4. The van der Waals surface area contributed by atoms with Gasteiger partial charge in [-0.2, -0.15) is 26.3 Å². The van der Waals surface area contributed by atoms with E-state index in [-0.39, 0.29) is 40.8 Å². The molecule has 0 amide bonds. The van der Waals surface area contributed by atoms with E-state index in [0.717, 1.165) is 16.3 Å². The highest BCUT2D eigenvalue weighted by Crippen LogP contribution is 2.47. The minimum Gasteiger partial charge on any atom is -0.492 e. The minimum absolute atomic E-state index is 0.00420. The number of esters is 1. The van der Waals surface area contributed by atoms with E-state index in [1.54, 1.807) is 12.1 Å². The summed E-state index contributed by atoms with van der Waals surface area (Å²) in [5.41, 5.74) is 1.69. The van der Waals surface area contributed by atoms with Gasteiger partial charge in [0.25, 0.3) is 5.82 Å². The Bertz CT molecular complexity index is 1730. The van der Waals surface area contributed by atoms with Crippen LogP contribution in [0.15, 0.2) is 54.6 Å². The first-order valence-electron chi connectivity index (χ1n) is 13.7. The zero-order valence-corrected chi connectivity index (χ0v) is 23.4. The Hall–Kier alpha value is -4.55. The smallest absolute Gasteiger partial charge is 0.453 e. The Morgan fingerprint density at radius 3 is 2.34 bits per heavy atom. The van der Waals surface area contributed by atoms with Crippen molar-refractivity contribution in [3.8, 4) is 34.0 Å². The predicted molar refractivity (Wildman–Crippen MR) is 145 cm³/mol. The van der Waals surface area contributed by atoms with E-state index in [2.05, 4.69) is 10.1 Å². The summed E-state index contributed by atoms with van der Waals surface area (Å²) in [6.45, 7) is 0.322. The number of halogens is 6. The van der Waals surface area contributed by atoms with E-state index < -0.39 is 29.8 Å². The van der Waals surface area contributed by atoms with E-state index in [4.69, 9.17) is 14.2 Å². The Kier molecular flexibility index (Phi) is 7.29. The van der Waals surface area contributed by atoms with Crippen molar-refractivity contribution in [2.24, 2.45) is 7.05 Å². The van der Waals surface area contributed by atoms with Crippen molar-refractivity contribution in [2.75, 3.05) is 13.7 Å². The van der Waals surface area contributed by atoms with Gasteiger partial charge in [0, 0.05) is 30.2 Å². The fourth-order valence-electron chi connectivity index (χ4n) is 5.84. The van der Waals surface area contributed by atoms with Gasteiger partial charge < -0.3 is 14.2 Å². The normalized spacial score (nSPS) is 17.6. The van der Waals surface area contributed by atoms with Crippen molar-refractivity contribution in [3.05, 3.63) is 82.7 Å². The molecule has 0 N–H and O–H groups in total. The number of carbonyl (C=O) groups excluding carboxylic acids is 1. The number of methoxy groups -OCH3 is 1. The maximum absolute atomic E-state index is 14.2. The molecule has 0 radical (unpaired) electrons. The van der Waals surface area contributed by atoms with Crippen LogP contribution in [0.2, 0.25) is 0 Å². The SMILES string of the molecule is COC(=O)CC1COc2cc(O[C@@H]3CCc4c3ccc(C(F)(F)F)c4-c3ccc(-c4nc(C(F)(F)F)nn4C)cc3)ccc21. The molecule has 6 rings (SSSR count). The second-order valence-corrected chi connectivity index (χ2v) is 10.6. The van der Waals surface area contributed by atoms with Crippen LogP contribution in [0.5, 0.6) is 11.5 Å². The van der Waals surface area contributed by atoms with Crippen LogP contribution in [-0.2, 0) is 35.4 Å². The molecule has 0 spiro atoms.